The maximum atomic E-state index is 14.8. The summed E-state index contributed by atoms with van der Waals surface area (Å²) in [5, 5.41) is 7.24. The first-order valence-electron chi connectivity index (χ1n) is 14.0. The number of hydrogen-bond acceptors (Lipinski definition) is 9. The van der Waals surface area contributed by atoms with Gasteiger partial charge in [0.25, 0.3) is 0 Å². The maximum absolute atomic E-state index is 14.8. The molecule has 0 spiro atoms. The van der Waals surface area contributed by atoms with Gasteiger partial charge in [0.1, 0.15) is 17.6 Å². The molecule has 0 aromatic carbocycles. The van der Waals surface area contributed by atoms with Crippen molar-refractivity contribution >= 4 is 17.7 Å². The molecule has 1 aliphatic heterocycles. The Labute approximate surface area is 232 Å². The van der Waals surface area contributed by atoms with Crippen LogP contribution in [0.15, 0.2) is 24.5 Å². The Hall–Kier alpha value is -2.85. The second-order valence-corrected chi connectivity index (χ2v) is 11.1. The number of hydrogen-bond donors (Lipinski definition) is 1. The number of carbonyl (C=O) groups is 1. The van der Waals surface area contributed by atoms with Crippen LogP contribution in [0, 0.1) is 6.92 Å². The summed E-state index contributed by atoms with van der Waals surface area (Å²) in [6.45, 7) is 9.66. The molecule has 0 bridgehead atoms. The standard InChI is InChI=1S/C29H45FN6O3/c1-22-18-32-28(33-19-22)36(17-9-12-26(37)39-29(2,3)4)35(20-24(30)21-38-5)16-7-6-11-25-14-13-23-10-8-15-31-27(23)34-25/h13-14,18-19,24H,6-12,15-17,20-21H2,1-5H3,(H,31,34)/t24-/m0/s1. The van der Waals surface area contributed by atoms with Crippen LogP contribution < -0.4 is 10.3 Å². The third kappa shape index (κ3) is 10.7. The number of esters is 1. The van der Waals surface area contributed by atoms with Gasteiger partial charge in [-0.1, -0.05) is 6.07 Å². The molecule has 0 aliphatic carbocycles. The molecule has 216 valence electrons. The molecule has 39 heavy (non-hydrogen) atoms. The van der Waals surface area contributed by atoms with Crippen molar-refractivity contribution in [2.45, 2.75) is 84.4 Å². The second-order valence-electron chi connectivity index (χ2n) is 11.1. The van der Waals surface area contributed by atoms with Gasteiger partial charge < -0.3 is 14.8 Å². The Morgan fingerprint density at radius 2 is 1.92 bits per heavy atom. The Bertz CT molecular complexity index is 1030. The van der Waals surface area contributed by atoms with Crippen molar-refractivity contribution in [3.8, 4) is 0 Å². The highest BCUT2D eigenvalue weighted by Gasteiger charge is 2.23. The van der Waals surface area contributed by atoms with E-state index in [0.29, 0.717) is 25.5 Å². The summed E-state index contributed by atoms with van der Waals surface area (Å²) in [4.78, 5) is 26.1. The lowest BCUT2D eigenvalue weighted by atomic mass is 10.1. The highest BCUT2D eigenvalue weighted by molar-refractivity contribution is 5.69. The monoisotopic (exact) mass is 544 g/mol. The fraction of sp³-hybridized carbons (Fsp3) is 0.655. The van der Waals surface area contributed by atoms with Gasteiger partial charge in [-0.25, -0.2) is 24.4 Å². The number of halogens is 1. The van der Waals surface area contributed by atoms with Gasteiger partial charge in [-0.2, -0.15) is 0 Å². The summed E-state index contributed by atoms with van der Waals surface area (Å²) in [6, 6.07) is 4.29. The minimum Gasteiger partial charge on any atom is -0.460 e. The van der Waals surface area contributed by atoms with Crippen LogP contribution in [0.2, 0.25) is 0 Å². The zero-order chi connectivity index (χ0) is 28.3. The fourth-order valence-electron chi connectivity index (χ4n) is 4.53. The number of fused-ring (bicyclic) bond motifs is 1. The van der Waals surface area contributed by atoms with E-state index in [1.807, 2.05) is 37.7 Å². The number of anilines is 2. The van der Waals surface area contributed by atoms with Gasteiger partial charge in [0.15, 0.2) is 0 Å². The predicted molar refractivity (Wildman–Crippen MR) is 152 cm³/mol. The van der Waals surface area contributed by atoms with Crippen LogP contribution in [-0.4, -0.2) is 77.6 Å². The first-order valence-corrected chi connectivity index (χ1v) is 14.0. The van der Waals surface area contributed by atoms with E-state index in [9.17, 15) is 9.18 Å². The van der Waals surface area contributed by atoms with Crippen molar-refractivity contribution in [2.24, 2.45) is 0 Å². The van der Waals surface area contributed by atoms with Crippen LogP contribution in [0.1, 0.15) is 69.7 Å². The molecule has 1 atom stereocenters. The van der Waals surface area contributed by atoms with Gasteiger partial charge in [-0.05, 0) is 83.4 Å². The van der Waals surface area contributed by atoms with Gasteiger partial charge in [0.05, 0.1) is 13.2 Å². The molecule has 1 aliphatic rings. The highest BCUT2D eigenvalue weighted by atomic mass is 19.1. The number of methoxy groups -OCH3 is 1. The SMILES string of the molecule is COC[C@@H](F)CN(CCCCc1ccc2c(n1)NCCC2)N(CCCC(=O)OC(C)(C)C)c1ncc(C)cn1. The number of rotatable bonds is 15. The Kier molecular flexibility index (Phi) is 11.9. The third-order valence-electron chi connectivity index (χ3n) is 6.32. The number of ether oxygens (including phenoxy) is 2. The van der Waals surface area contributed by atoms with Crippen molar-refractivity contribution in [3.63, 3.8) is 0 Å². The highest BCUT2D eigenvalue weighted by Crippen LogP contribution is 2.21. The van der Waals surface area contributed by atoms with Crippen LogP contribution in [0.3, 0.4) is 0 Å². The first-order chi connectivity index (χ1) is 18.6. The zero-order valence-corrected chi connectivity index (χ0v) is 24.2. The van der Waals surface area contributed by atoms with Crippen LogP contribution in [0.4, 0.5) is 16.2 Å². The molecule has 0 radical (unpaired) electrons. The topological polar surface area (TPSA) is 92.7 Å². The molecular weight excluding hydrogens is 499 g/mol. The van der Waals surface area contributed by atoms with E-state index in [1.165, 1.54) is 12.7 Å². The largest absolute Gasteiger partial charge is 0.460 e. The first kappa shape index (κ1) is 30.7. The van der Waals surface area contributed by atoms with E-state index < -0.39 is 11.8 Å². The molecule has 10 heteroatoms. The quantitative estimate of drug-likeness (QED) is 0.195. The number of aryl methyl sites for hydroxylation is 3. The summed E-state index contributed by atoms with van der Waals surface area (Å²) in [6.07, 6.45) is 7.89. The molecule has 1 N–H and O–H groups in total. The molecule has 3 rings (SSSR count). The lowest BCUT2D eigenvalue weighted by Crippen LogP contribution is -2.48. The van der Waals surface area contributed by atoms with Gasteiger partial charge in [-0.3, -0.25) is 9.80 Å². The summed E-state index contributed by atoms with van der Waals surface area (Å²) < 4.78 is 25.4. The van der Waals surface area contributed by atoms with Crippen LogP contribution in [0.5, 0.6) is 0 Å². The molecule has 0 fully saturated rings. The third-order valence-corrected chi connectivity index (χ3v) is 6.32. The molecule has 2 aromatic rings. The van der Waals surface area contributed by atoms with Crippen molar-refractivity contribution < 1.29 is 18.7 Å². The Balaban J connectivity index is 1.66. The van der Waals surface area contributed by atoms with Crippen molar-refractivity contribution in [2.75, 3.05) is 50.2 Å². The van der Waals surface area contributed by atoms with E-state index in [0.717, 1.165) is 55.7 Å². The van der Waals surface area contributed by atoms with E-state index in [1.54, 1.807) is 12.4 Å². The van der Waals surface area contributed by atoms with Gasteiger partial charge in [0, 0.05) is 51.3 Å². The number of carbonyl (C=O) groups excluding carboxylic acids is 1. The van der Waals surface area contributed by atoms with Crippen molar-refractivity contribution in [1.82, 2.24) is 20.0 Å². The number of nitrogens with zero attached hydrogens (tertiary/aromatic N) is 5. The number of aromatic nitrogens is 3. The van der Waals surface area contributed by atoms with Crippen molar-refractivity contribution in [1.29, 1.82) is 0 Å². The van der Waals surface area contributed by atoms with Crippen LogP contribution in [0.25, 0.3) is 0 Å². The summed E-state index contributed by atoms with van der Waals surface area (Å²) in [5.41, 5.74) is 2.75. The van der Waals surface area contributed by atoms with E-state index >= 15 is 0 Å². The predicted octanol–water partition coefficient (Wildman–Crippen LogP) is 4.69. The summed E-state index contributed by atoms with van der Waals surface area (Å²) in [5.74, 6) is 1.23. The smallest absolute Gasteiger partial charge is 0.306 e. The minimum atomic E-state index is -1.18. The van der Waals surface area contributed by atoms with Gasteiger partial charge in [-0.15, -0.1) is 0 Å². The molecule has 3 heterocycles. The van der Waals surface area contributed by atoms with E-state index in [2.05, 4.69) is 27.4 Å². The Morgan fingerprint density at radius 3 is 2.64 bits per heavy atom. The molecule has 9 nitrogen and oxygen atoms in total. The van der Waals surface area contributed by atoms with Crippen molar-refractivity contribution in [3.05, 3.63) is 41.3 Å². The minimum absolute atomic E-state index is 0.00302. The molecule has 0 unspecified atom stereocenters. The molecule has 0 saturated carbocycles. The lowest BCUT2D eigenvalue weighted by Gasteiger charge is -2.36. The van der Waals surface area contributed by atoms with Crippen LogP contribution in [-0.2, 0) is 27.1 Å². The average Bonchev–Trinajstić information content (AvgIpc) is 2.88. The second kappa shape index (κ2) is 15.1. The van der Waals surface area contributed by atoms with E-state index in [4.69, 9.17) is 14.5 Å². The number of hydrazine groups is 1. The number of pyridine rings is 1. The number of nitrogens with one attached hydrogen (secondary N) is 1. The molecule has 2 aromatic heterocycles. The maximum Gasteiger partial charge on any atom is 0.306 e. The van der Waals surface area contributed by atoms with Gasteiger partial charge >= 0.3 is 5.97 Å². The Morgan fingerprint density at radius 1 is 1.15 bits per heavy atom. The molecule has 0 saturated heterocycles. The fourth-order valence-corrected chi connectivity index (χ4v) is 4.53. The zero-order valence-electron chi connectivity index (χ0n) is 24.2. The average molecular weight is 545 g/mol. The number of unbranched alkanes of at least 4 members (excludes halogenated alkanes) is 1. The summed E-state index contributed by atoms with van der Waals surface area (Å²) in [7, 11) is 1.50. The summed E-state index contributed by atoms with van der Waals surface area (Å²) >= 11 is 0. The van der Waals surface area contributed by atoms with E-state index in [-0.39, 0.29) is 25.5 Å². The van der Waals surface area contributed by atoms with Gasteiger partial charge in [0.2, 0.25) is 5.95 Å². The lowest BCUT2D eigenvalue weighted by molar-refractivity contribution is -0.154. The molecule has 0 amide bonds. The normalized spacial score (nSPS) is 14.0. The molecular formula is C29H45FN6O3. The van der Waals surface area contributed by atoms with Crippen LogP contribution >= 0.6 is 0 Å². The number of alkyl halides is 1.